The van der Waals surface area contributed by atoms with Crippen molar-refractivity contribution in [2.45, 2.75) is 38.8 Å². The van der Waals surface area contributed by atoms with Crippen LogP contribution >= 0.6 is 23.2 Å². The van der Waals surface area contributed by atoms with Gasteiger partial charge in [-0.05, 0) is 36.2 Å². The number of para-hydroxylation sites is 1. The van der Waals surface area contributed by atoms with Crippen LogP contribution in [0.1, 0.15) is 30.9 Å². The van der Waals surface area contributed by atoms with Crippen LogP contribution in [0.2, 0.25) is 10.0 Å². The number of carbonyl (C=O) groups excluding carboxylic acids is 2. The largest absolute Gasteiger partial charge is 0.484 e. The molecule has 3 aromatic rings. The third-order valence-electron chi connectivity index (χ3n) is 5.60. The fourth-order valence-electron chi connectivity index (χ4n) is 3.66. The minimum Gasteiger partial charge on any atom is -0.484 e. The molecule has 5 nitrogen and oxygen atoms in total. The molecule has 0 aliphatic carbocycles. The summed E-state index contributed by atoms with van der Waals surface area (Å²) in [7, 11) is 0. The molecule has 184 valence electrons. The minimum atomic E-state index is -0.770. The Morgan fingerprint density at radius 3 is 2.17 bits per heavy atom. The summed E-state index contributed by atoms with van der Waals surface area (Å²) in [5, 5.41) is 3.86. The van der Waals surface area contributed by atoms with Gasteiger partial charge >= 0.3 is 0 Å². The van der Waals surface area contributed by atoms with Gasteiger partial charge < -0.3 is 15.0 Å². The average Bonchev–Trinajstić information content (AvgIpc) is 2.87. The van der Waals surface area contributed by atoms with Crippen LogP contribution < -0.4 is 10.1 Å². The SMILES string of the molecule is CCCCNC(=O)C(Cc1ccccc1)N(Cc1c(Cl)cccc1Cl)C(=O)COc1ccccc1. The molecule has 0 saturated carbocycles. The molecule has 3 rings (SSSR count). The predicted molar refractivity (Wildman–Crippen MR) is 141 cm³/mol. The summed E-state index contributed by atoms with van der Waals surface area (Å²) in [5.41, 5.74) is 1.53. The smallest absolute Gasteiger partial charge is 0.261 e. The van der Waals surface area contributed by atoms with E-state index in [4.69, 9.17) is 27.9 Å². The van der Waals surface area contributed by atoms with Gasteiger partial charge in [-0.15, -0.1) is 0 Å². The molecule has 0 saturated heterocycles. The zero-order valence-corrected chi connectivity index (χ0v) is 21.3. The number of amides is 2. The van der Waals surface area contributed by atoms with Crippen molar-refractivity contribution in [3.8, 4) is 5.75 Å². The van der Waals surface area contributed by atoms with Crippen LogP contribution in [0.5, 0.6) is 5.75 Å². The third kappa shape index (κ3) is 8.01. The lowest BCUT2D eigenvalue weighted by Crippen LogP contribution is -2.52. The zero-order chi connectivity index (χ0) is 25.0. The van der Waals surface area contributed by atoms with E-state index in [0.717, 1.165) is 18.4 Å². The number of hydrogen-bond acceptors (Lipinski definition) is 3. The zero-order valence-electron chi connectivity index (χ0n) is 19.8. The minimum absolute atomic E-state index is 0.0776. The fraction of sp³-hybridized carbons (Fsp3) is 0.286. The number of unbranched alkanes of at least 4 members (excludes halogenated alkanes) is 1. The molecule has 0 aromatic heterocycles. The van der Waals surface area contributed by atoms with Crippen molar-refractivity contribution in [2.24, 2.45) is 0 Å². The lowest BCUT2D eigenvalue weighted by molar-refractivity contribution is -0.142. The van der Waals surface area contributed by atoms with Crippen molar-refractivity contribution in [1.29, 1.82) is 0 Å². The summed E-state index contributed by atoms with van der Waals surface area (Å²) in [5.74, 6) is 0.0125. The maximum Gasteiger partial charge on any atom is 0.261 e. The average molecular weight is 513 g/mol. The molecule has 0 aliphatic heterocycles. The van der Waals surface area contributed by atoms with Crippen molar-refractivity contribution < 1.29 is 14.3 Å². The molecular weight excluding hydrogens is 483 g/mol. The van der Waals surface area contributed by atoms with E-state index in [1.165, 1.54) is 4.90 Å². The van der Waals surface area contributed by atoms with Gasteiger partial charge in [-0.3, -0.25) is 9.59 Å². The second-order valence-electron chi connectivity index (χ2n) is 8.17. The highest BCUT2D eigenvalue weighted by atomic mass is 35.5. The number of nitrogens with zero attached hydrogens (tertiary/aromatic N) is 1. The summed E-state index contributed by atoms with van der Waals surface area (Å²) >= 11 is 12.9. The maximum absolute atomic E-state index is 13.5. The Hall–Kier alpha value is -3.02. The first kappa shape index (κ1) is 26.6. The Balaban J connectivity index is 1.93. The van der Waals surface area contributed by atoms with E-state index >= 15 is 0 Å². The molecule has 1 N–H and O–H groups in total. The molecule has 1 atom stereocenters. The predicted octanol–water partition coefficient (Wildman–Crippen LogP) is 5.93. The van der Waals surface area contributed by atoms with Gasteiger partial charge in [0.15, 0.2) is 6.61 Å². The molecule has 7 heteroatoms. The fourth-order valence-corrected chi connectivity index (χ4v) is 4.18. The van der Waals surface area contributed by atoms with Crippen molar-refractivity contribution in [2.75, 3.05) is 13.2 Å². The number of nitrogens with one attached hydrogen (secondary N) is 1. The van der Waals surface area contributed by atoms with Gasteiger partial charge in [0.05, 0.1) is 0 Å². The molecule has 3 aromatic carbocycles. The number of benzene rings is 3. The Morgan fingerprint density at radius 1 is 0.914 bits per heavy atom. The van der Waals surface area contributed by atoms with Crippen molar-refractivity contribution in [1.82, 2.24) is 10.2 Å². The van der Waals surface area contributed by atoms with Crippen molar-refractivity contribution in [3.05, 3.63) is 100 Å². The van der Waals surface area contributed by atoms with Crippen LogP contribution in [-0.2, 0) is 22.6 Å². The molecule has 0 fully saturated rings. The van der Waals surface area contributed by atoms with Crippen molar-refractivity contribution in [3.63, 3.8) is 0 Å². The van der Waals surface area contributed by atoms with Gasteiger partial charge in [-0.1, -0.05) is 91.1 Å². The van der Waals surface area contributed by atoms with Gasteiger partial charge in [0.25, 0.3) is 5.91 Å². The summed E-state index contributed by atoms with van der Waals surface area (Å²) in [4.78, 5) is 28.5. The molecular formula is C28H30Cl2N2O3. The standard InChI is InChI=1S/C28H30Cl2N2O3/c1-2-3-17-31-28(34)26(18-21-11-6-4-7-12-21)32(19-23-24(29)15-10-16-25(23)30)27(33)20-35-22-13-8-5-9-14-22/h4-16,26H,2-3,17-20H2,1H3,(H,31,34). The number of rotatable bonds is 12. The van der Waals surface area contributed by atoms with Crippen LogP contribution in [0.4, 0.5) is 0 Å². The molecule has 0 spiro atoms. The topological polar surface area (TPSA) is 58.6 Å². The molecule has 2 amide bonds. The Bertz CT molecular complexity index is 1070. The second kappa shape index (κ2) is 13.8. The van der Waals surface area contributed by atoms with E-state index in [1.54, 1.807) is 30.3 Å². The number of ether oxygens (including phenoxy) is 1. The van der Waals surface area contributed by atoms with Crippen LogP contribution in [0.25, 0.3) is 0 Å². The summed E-state index contributed by atoms with van der Waals surface area (Å²) in [6, 6.07) is 23.1. The van der Waals surface area contributed by atoms with Gasteiger partial charge in [-0.2, -0.15) is 0 Å². The van der Waals surface area contributed by atoms with E-state index in [0.29, 0.717) is 34.3 Å². The summed E-state index contributed by atoms with van der Waals surface area (Å²) in [6.45, 7) is 2.45. The first-order chi connectivity index (χ1) is 17.0. The highest BCUT2D eigenvalue weighted by molar-refractivity contribution is 6.36. The summed E-state index contributed by atoms with van der Waals surface area (Å²) in [6.07, 6.45) is 2.15. The van der Waals surface area contributed by atoms with Crippen LogP contribution in [0, 0.1) is 0 Å². The van der Waals surface area contributed by atoms with E-state index in [-0.39, 0.29) is 25.0 Å². The van der Waals surface area contributed by atoms with Crippen LogP contribution in [-0.4, -0.2) is 35.9 Å². The Kier molecular flexibility index (Phi) is 10.5. The number of carbonyl (C=O) groups is 2. The van der Waals surface area contributed by atoms with Gasteiger partial charge in [0, 0.05) is 35.1 Å². The van der Waals surface area contributed by atoms with Gasteiger partial charge in [0.1, 0.15) is 11.8 Å². The summed E-state index contributed by atoms with van der Waals surface area (Å²) < 4.78 is 5.74. The van der Waals surface area contributed by atoms with Crippen molar-refractivity contribution >= 4 is 35.0 Å². The maximum atomic E-state index is 13.5. The molecule has 0 bridgehead atoms. The quantitative estimate of drug-likeness (QED) is 0.306. The molecule has 0 radical (unpaired) electrons. The molecule has 0 heterocycles. The number of halogens is 2. The normalized spacial score (nSPS) is 11.5. The van der Waals surface area contributed by atoms with E-state index < -0.39 is 6.04 Å². The highest BCUT2D eigenvalue weighted by Gasteiger charge is 2.31. The Labute approximate surface area is 217 Å². The number of hydrogen-bond donors (Lipinski definition) is 1. The lowest BCUT2D eigenvalue weighted by atomic mass is 10.0. The highest BCUT2D eigenvalue weighted by Crippen LogP contribution is 2.27. The third-order valence-corrected chi connectivity index (χ3v) is 6.30. The second-order valence-corrected chi connectivity index (χ2v) is 8.99. The molecule has 0 aliphatic rings. The Morgan fingerprint density at radius 2 is 1.54 bits per heavy atom. The lowest BCUT2D eigenvalue weighted by Gasteiger charge is -2.32. The molecule has 35 heavy (non-hydrogen) atoms. The monoisotopic (exact) mass is 512 g/mol. The van der Waals surface area contributed by atoms with Gasteiger partial charge in [-0.25, -0.2) is 0 Å². The van der Waals surface area contributed by atoms with E-state index in [9.17, 15) is 9.59 Å². The first-order valence-corrected chi connectivity index (χ1v) is 12.5. The molecule has 1 unspecified atom stereocenters. The van der Waals surface area contributed by atoms with Crippen LogP contribution in [0.15, 0.2) is 78.9 Å². The first-order valence-electron chi connectivity index (χ1n) is 11.7. The van der Waals surface area contributed by atoms with Crippen LogP contribution in [0.3, 0.4) is 0 Å². The van der Waals surface area contributed by atoms with E-state index in [1.807, 2.05) is 48.5 Å². The van der Waals surface area contributed by atoms with Gasteiger partial charge in [0.2, 0.25) is 5.91 Å². The van der Waals surface area contributed by atoms with E-state index in [2.05, 4.69) is 12.2 Å².